The van der Waals surface area contributed by atoms with Crippen molar-refractivity contribution in [2.75, 3.05) is 0 Å². The van der Waals surface area contributed by atoms with Crippen LogP contribution in [0, 0.1) is 20.8 Å². The van der Waals surface area contributed by atoms with Crippen LogP contribution < -0.4 is 0 Å². The van der Waals surface area contributed by atoms with Crippen molar-refractivity contribution >= 4 is 27.5 Å². The predicted octanol–water partition coefficient (Wildman–Crippen LogP) is 2.92. The maximum absolute atomic E-state index is 11.0. The van der Waals surface area contributed by atoms with Crippen LogP contribution in [0.2, 0.25) is 0 Å². The van der Waals surface area contributed by atoms with Crippen molar-refractivity contribution in [2.24, 2.45) is 0 Å². The summed E-state index contributed by atoms with van der Waals surface area (Å²) in [7, 11) is 0. The third kappa shape index (κ3) is 1.51. The molecule has 1 N–H and O–H groups in total. The molecule has 0 aliphatic carbocycles. The second-order valence-corrected chi connectivity index (χ2v) is 4.62. The number of carbonyl (C=O) groups is 1. The summed E-state index contributed by atoms with van der Waals surface area (Å²) in [4.78, 5) is 16.5. The largest absolute Gasteiger partial charge is 0.477 e. The Balaban J connectivity index is 2.88. The number of fused-ring (bicyclic) bond motifs is 1. The third-order valence-electron chi connectivity index (χ3n) is 2.42. The van der Waals surface area contributed by atoms with Gasteiger partial charge in [-0.05, 0) is 38.0 Å². The Labute approximate surface area is 91.4 Å². The first-order valence-electron chi connectivity index (χ1n) is 4.61. The number of aromatic carboxylic acids is 1. The zero-order chi connectivity index (χ0) is 11.2. The van der Waals surface area contributed by atoms with Crippen molar-refractivity contribution in [1.82, 2.24) is 4.98 Å². The summed E-state index contributed by atoms with van der Waals surface area (Å²) in [5, 5.41) is 10.00. The van der Waals surface area contributed by atoms with Crippen LogP contribution in [0.3, 0.4) is 0 Å². The molecular formula is C11H11NO2S. The van der Waals surface area contributed by atoms with Gasteiger partial charge < -0.3 is 5.11 Å². The van der Waals surface area contributed by atoms with Gasteiger partial charge in [0.2, 0.25) is 0 Å². The summed E-state index contributed by atoms with van der Waals surface area (Å²) in [6.07, 6.45) is 0. The molecule has 0 unspecified atom stereocenters. The van der Waals surface area contributed by atoms with Gasteiger partial charge in [-0.3, -0.25) is 0 Å². The average molecular weight is 221 g/mol. The Hall–Kier alpha value is -1.42. The first-order valence-corrected chi connectivity index (χ1v) is 5.43. The highest BCUT2D eigenvalue weighted by Crippen LogP contribution is 2.31. The summed E-state index contributed by atoms with van der Waals surface area (Å²) in [6.45, 7) is 5.75. The summed E-state index contributed by atoms with van der Waals surface area (Å²) < 4.78 is 0. The van der Waals surface area contributed by atoms with Gasteiger partial charge in [0.25, 0.3) is 0 Å². The van der Waals surface area contributed by atoms with Crippen molar-refractivity contribution in [2.45, 2.75) is 20.8 Å². The standard InChI is InChI=1S/C11H11NO2S/c1-5-4-6(2)12-10-8(5)7(3)9(15-10)11(13)14/h4H,1-3H3,(H,13,14). The number of nitrogens with zero attached hydrogens (tertiary/aromatic N) is 1. The molecular weight excluding hydrogens is 210 g/mol. The van der Waals surface area contributed by atoms with Crippen LogP contribution in [-0.4, -0.2) is 16.1 Å². The average Bonchev–Trinajstić information content (AvgIpc) is 2.42. The number of aromatic nitrogens is 1. The lowest BCUT2D eigenvalue weighted by atomic mass is 10.1. The summed E-state index contributed by atoms with van der Waals surface area (Å²) in [5.41, 5.74) is 2.85. The number of pyridine rings is 1. The van der Waals surface area contributed by atoms with Crippen molar-refractivity contribution in [3.8, 4) is 0 Å². The lowest BCUT2D eigenvalue weighted by Gasteiger charge is -1.99. The molecule has 0 atom stereocenters. The Morgan fingerprint density at radius 2 is 2.07 bits per heavy atom. The molecule has 2 rings (SSSR count). The van der Waals surface area contributed by atoms with Gasteiger partial charge in [-0.2, -0.15) is 0 Å². The zero-order valence-electron chi connectivity index (χ0n) is 8.79. The highest BCUT2D eigenvalue weighted by atomic mass is 32.1. The van der Waals surface area contributed by atoms with Gasteiger partial charge in [0.1, 0.15) is 9.71 Å². The van der Waals surface area contributed by atoms with Crippen LogP contribution in [0.25, 0.3) is 10.2 Å². The second kappa shape index (κ2) is 3.31. The van der Waals surface area contributed by atoms with Crippen molar-refractivity contribution < 1.29 is 9.90 Å². The number of hydrogen-bond acceptors (Lipinski definition) is 3. The first-order chi connectivity index (χ1) is 7.00. The van der Waals surface area contributed by atoms with Crippen LogP contribution in [0.1, 0.15) is 26.5 Å². The number of hydrogen-bond donors (Lipinski definition) is 1. The highest BCUT2D eigenvalue weighted by Gasteiger charge is 2.16. The van der Waals surface area contributed by atoms with E-state index in [-0.39, 0.29) is 0 Å². The molecule has 0 saturated carbocycles. The van der Waals surface area contributed by atoms with Gasteiger partial charge in [-0.1, -0.05) is 0 Å². The zero-order valence-corrected chi connectivity index (χ0v) is 9.60. The Bertz CT molecular complexity index is 557. The second-order valence-electron chi connectivity index (χ2n) is 3.62. The lowest BCUT2D eigenvalue weighted by molar-refractivity contribution is 0.0701. The first kappa shape index (κ1) is 10.1. The van der Waals surface area contributed by atoms with E-state index in [9.17, 15) is 4.79 Å². The van der Waals surface area contributed by atoms with E-state index >= 15 is 0 Å². The molecule has 0 aliphatic rings. The lowest BCUT2D eigenvalue weighted by Crippen LogP contribution is -1.94. The maximum atomic E-state index is 11.0. The van der Waals surface area contributed by atoms with E-state index in [1.165, 1.54) is 11.3 Å². The van der Waals surface area contributed by atoms with Crippen LogP contribution in [-0.2, 0) is 0 Å². The minimum atomic E-state index is -0.868. The van der Waals surface area contributed by atoms with Crippen molar-refractivity contribution in [3.05, 3.63) is 27.8 Å². The van der Waals surface area contributed by atoms with E-state index < -0.39 is 5.97 Å². The number of aryl methyl sites for hydroxylation is 3. The molecule has 2 aromatic heterocycles. The fourth-order valence-electron chi connectivity index (χ4n) is 1.82. The van der Waals surface area contributed by atoms with Gasteiger partial charge >= 0.3 is 5.97 Å². The quantitative estimate of drug-likeness (QED) is 0.805. The van der Waals surface area contributed by atoms with Crippen LogP contribution in [0.4, 0.5) is 0 Å². The van der Waals surface area contributed by atoms with Crippen LogP contribution in [0.5, 0.6) is 0 Å². The topological polar surface area (TPSA) is 50.2 Å². The summed E-state index contributed by atoms with van der Waals surface area (Å²) in [5.74, 6) is -0.868. The van der Waals surface area contributed by atoms with E-state index in [0.29, 0.717) is 4.88 Å². The van der Waals surface area contributed by atoms with Crippen molar-refractivity contribution in [3.63, 3.8) is 0 Å². The highest BCUT2D eigenvalue weighted by molar-refractivity contribution is 7.20. The smallest absolute Gasteiger partial charge is 0.346 e. The number of thiophene rings is 1. The normalized spacial score (nSPS) is 10.9. The summed E-state index contributed by atoms with van der Waals surface area (Å²) in [6, 6.07) is 1.98. The molecule has 0 bridgehead atoms. The number of carboxylic acids is 1. The fourth-order valence-corrected chi connectivity index (χ4v) is 2.96. The monoisotopic (exact) mass is 221 g/mol. The van der Waals surface area contributed by atoms with Gasteiger partial charge in [0, 0.05) is 11.1 Å². The molecule has 0 aromatic carbocycles. The van der Waals surface area contributed by atoms with Crippen molar-refractivity contribution in [1.29, 1.82) is 0 Å². The molecule has 0 aliphatic heterocycles. The summed E-state index contributed by atoms with van der Waals surface area (Å²) >= 11 is 1.25. The molecule has 2 heterocycles. The Morgan fingerprint density at radius 1 is 1.40 bits per heavy atom. The predicted molar refractivity (Wildman–Crippen MR) is 60.8 cm³/mol. The van der Waals surface area contributed by atoms with Gasteiger partial charge in [0.15, 0.2) is 0 Å². The van der Waals surface area contributed by atoms with E-state index in [1.54, 1.807) is 0 Å². The molecule has 0 spiro atoms. The molecule has 0 fully saturated rings. The number of rotatable bonds is 1. The van der Waals surface area contributed by atoms with E-state index in [0.717, 1.165) is 27.0 Å². The molecule has 2 aromatic rings. The number of carboxylic acid groups (broad SMARTS) is 1. The van der Waals surface area contributed by atoms with Crippen LogP contribution in [0.15, 0.2) is 6.07 Å². The third-order valence-corrected chi connectivity index (χ3v) is 3.59. The van der Waals surface area contributed by atoms with E-state index in [1.807, 2.05) is 26.8 Å². The molecule has 3 nitrogen and oxygen atoms in total. The SMILES string of the molecule is Cc1cc(C)c2c(C)c(C(=O)O)sc2n1. The fraction of sp³-hybridized carbons (Fsp3) is 0.273. The minimum Gasteiger partial charge on any atom is -0.477 e. The Morgan fingerprint density at radius 3 is 2.67 bits per heavy atom. The molecule has 0 saturated heterocycles. The molecule has 0 amide bonds. The molecule has 0 radical (unpaired) electrons. The van der Waals surface area contributed by atoms with Gasteiger partial charge in [-0.25, -0.2) is 9.78 Å². The maximum Gasteiger partial charge on any atom is 0.346 e. The Kier molecular flexibility index (Phi) is 2.23. The van der Waals surface area contributed by atoms with E-state index in [2.05, 4.69) is 4.98 Å². The molecule has 4 heteroatoms. The van der Waals surface area contributed by atoms with Gasteiger partial charge in [0.05, 0.1) is 0 Å². The molecule has 15 heavy (non-hydrogen) atoms. The van der Waals surface area contributed by atoms with Gasteiger partial charge in [-0.15, -0.1) is 11.3 Å². The minimum absolute atomic E-state index is 0.395. The molecule has 78 valence electrons. The van der Waals surface area contributed by atoms with E-state index in [4.69, 9.17) is 5.11 Å². The van der Waals surface area contributed by atoms with Crippen LogP contribution >= 0.6 is 11.3 Å².